The molecular formula is C12H18N2O5. The van der Waals surface area contributed by atoms with Crippen LogP contribution in [0.5, 0.6) is 0 Å². The molecule has 19 heavy (non-hydrogen) atoms. The summed E-state index contributed by atoms with van der Waals surface area (Å²) in [7, 11) is 1.31. The van der Waals surface area contributed by atoms with Crippen molar-refractivity contribution in [1.29, 1.82) is 0 Å². The molecule has 2 aliphatic heterocycles. The summed E-state index contributed by atoms with van der Waals surface area (Å²) in [5, 5.41) is 8.93. The highest BCUT2D eigenvalue weighted by molar-refractivity contribution is 5.85. The molecule has 2 amide bonds. The van der Waals surface area contributed by atoms with Gasteiger partial charge in [-0.3, -0.25) is 4.79 Å². The van der Waals surface area contributed by atoms with Crippen molar-refractivity contribution >= 4 is 18.0 Å². The number of methoxy groups -OCH3 is 1. The van der Waals surface area contributed by atoms with Crippen LogP contribution in [0.4, 0.5) is 4.79 Å². The minimum Gasteiger partial charge on any atom is -0.481 e. The number of amides is 2. The van der Waals surface area contributed by atoms with Crippen molar-refractivity contribution in [2.75, 3.05) is 26.7 Å². The summed E-state index contributed by atoms with van der Waals surface area (Å²) < 4.78 is 4.69. The van der Waals surface area contributed by atoms with Gasteiger partial charge in [0.2, 0.25) is 0 Å². The van der Waals surface area contributed by atoms with Crippen LogP contribution in [-0.4, -0.2) is 65.7 Å². The summed E-state index contributed by atoms with van der Waals surface area (Å²) in [6.07, 6.45) is 1.84. The molecule has 0 aliphatic carbocycles. The van der Waals surface area contributed by atoms with Crippen LogP contribution in [0.15, 0.2) is 0 Å². The second-order valence-corrected chi connectivity index (χ2v) is 4.93. The first kappa shape index (κ1) is 13.6. The Hall–Kier alpha value is -1.79. The Morgan fingerprint density at radius 3 is 2.53 bits per heavy atom. The fourth-order valence-electron chi connectivity index (χ4n) is 2.69. The molecule has 1 N–H and O–H groups in total. The Morgan fingerprint density at radius 1 is 1.21 bits per heavy atom. The molecule has 2 aliphatic rings. The maximum absolute atomic E-state index is 12.3. The average Bonchev–Trinajstić information content (AvgIpc) is 3.05. The number of ether oxygens (including phenoxy) is 1. The number of carboxylic acids is 1. The molecule has 7 nitrogen and oxygen atoms in total. The number of carbonyl (C=O) groups is 3. The Balaban J connectivity index is 2.00. The number of carbonyl (C=O) groups excluding carboxylic acids is 2. The zero-order chi connectivity index (χ0) is 14.0. The Labute approximate surface area is 111 Å². The standard InChI is InChI=1S/C12H18N2O5/c1-19-11(17)9-3-2-5-14(9)12(18)13-6-4-8(7-13)10(15)16/h8-9H,2-7H2,1H3,(H,15,16). The maximum Gasteiger partial charge on any atom is 0.328 e. The monoisotopic (exact) mass is 270 g/mol. The van der Waals surface area contributed by atoms with E-state index in [1.165, 1.54) is 16.9 Å². The normalized spacial score (nSPS) is 26.6. The van der Waals surface area contributed by atoms with E-state index in [1.807, 2.05) is 0 Å². The fraction of sp³-hybridized carbons (Fsp3) is 0.750. The third-order valence-electron chi connectivity index (χ3n) is 3.78. The number of carboxylic acid groups (broad SMARTS) is 1. The van der Waals surface area contributed by atoms with Gasteiger partial charge in [0.15, 0.2) is 0 Å². The zero-order valence-electron chi connectivity index (χ0n) is 10.9. The smallest absolute Gasteiger partial charge is 0.328 e. The molecule has 2 atom stereocenters. The van der Waals surface area contributed by atoms with Crippen LogP contribution in [0.1, 0.15) is 19.3 Å². The summed E-state index contributed by atoms with van der Waals surface area (Å²) in [5.74, 6) is -1.77. The summed E-state index contributed by atoms with van der Waals surface area (Å²) in [4.78, 5) is 37.8. The van der Waals surface area contributed by atoms with Crippen LogP contribution in [0.3, 0.4) is 0 Å². The molecule has 2 rings (SSSR count). The van der Waals surface area contributed by atoms with E-state index >= 15 is 0 Å². The van der Waals surface area contributed by atoms with Gasteiger partial charge in [0.1, 0.15) is 6.04 Å². The third kappa shape index (κ3) is 2.64. The highest BCUT2D eigenvalue weighted by Gasteiger charge is 2.39. The Morgan fingerprint density at radius 2 is 1.95 bits per heavy atom. The van der Waals surface area contributed by atoms with E-state index in [0.717, 1.165) is 6.42 Å². The molecule has 7 heteroatoms. The van der Waals surface area contributed by atoms with Crippen molar-refractivity contribution < 1.29 is 24.2 Å². The second kappa shape index (κ2) is 5.46. The zero-order valence-corrected chi connectivity index (χ0v) is 10.9. The number of likely N-dealkylation sites (tertiary alicyclic amines) is 2. The topological polar surface area (TPSA) is 87.2 Å². The molecule has 2 fully saturated rings. The van der Waals surface area contributed by atoms with Gasteiger partial charge in [0, 0.05) is 19.6 Å². The van der Waals surface area contributed by atoms with E-state index < -0.39 is 23.9 Å². The van der Waals surface area contributed by atoms with E-state index in [1.54, 1.807) is 0 Å². The van der Waals surface area contributed by atoms with Gasteiger partial charge in [-0.1, -0.05) is 0 Å². The van der Waals surface area contributed by atoms with Crippen LogP contribution in [0.2, 0.25) is 0 Å². The minimum atomic E-state index is -0.874. The van der Waals surface area contributed by atoms with E-state index in [0.29, 0.717) is 25.9 Å². The van der Waals surface area contributed by atoms with Gasteiger partial charge in [-0.25, -0.2) is 9.59 Å². The van der Waals surface area contributed by atoms with Gasteiger partial charge in [-0.15, -0.1) is 0 Å². The van der Waals surface area contributed by atoms with Gasteiger partial charge in [0.25, 0.3) is 0 Å². The molecule has 0 radical (unpaired) electrons. The molecule has 0 saturated carbocycles. The first-order valence-electron chi connectivity index (χ1n) is 6.40. The van der Waals surface area contributed by atoms with E-state index in [4.69, 9.17) is 9.84 Å². The highest BCUT2D eigenvalue weighted by Crippen LogP contribution is 2.24. The predicted octanol–water partition coefficient (Wildman–Crippen LogP) is 0.150. The van der Waals surface area contributed by atoms with Crippen LogP contribution in [0.25, 0.3) is 0 Å². The number of aliphatic carboxylic acids is 1. The first-order valence-corrected chi connectivity index (χ1v) is 6.40. The molecule has 0 aromatic rings. The average molecular weight is 270 g/mol. The molecular weight excluding hydrogens is 252 g/mol. The van der Waals surface area contributed by atoms with Crippen molar-refractivity contribution in [3.63, 3.8) is 0 Å². The first-order chi connectivity index (χ1) is 9.04. The van der Waals surface area contributed by atoms with Gasteiger partial charge in [-0.2, -0.15) is 0 Å². The predicted molar refractivity (Wildman–Crippen MR) is 64.5 cm³/mol. The number of nitrogens with zero attached hydrogens (tertiary/aromatic N) is 2. The lowest BCUT2D eigenvalue weighted by atomic mass is 10.1. The second-order valence-electron chi connectivity index (χ2n) is 4.93. The molecule has 2 saturated heterocycles. The van der Waals surface area contributed by atoms with Gasteiger partial charge < -0.3 is 19.6 Å². The summed E-state index contributed by atoms with van der Waals surface area (Å²) in [6.45, 7) is 1.17. The molecule has 0 aromatic heterocycles. The SMILES string of the molecule is COC(=O)C1CCCN1C(=O)N1CCC(C(=O)O)C1. The summed E-state index contributed by atoms with van der Waals surface area (Å²) in [6, 6.07) is -0.780. The van der Waals surface area contributed by atoms with Crippen molar-refractivity contribution in [2.24, 2.45) is 5.92 Å². The van der Waals surface area contributed by atoms with Crippen molar-refractivity contribution in [2.45, 2.75) is 25.3 Å². The van der Waals surface area contributed by atoms with Gasteiger partial charge >= 0.3 is 18.0 Å². The lowest BCUT2D eigenvalue weighted by Gasteiger charge is -2.27. The van der Waals surface area contributed by atoms with Gasteiger partial charge in [-0.05, 0) is 19.3 Å². The van der Waals surface area contributed by atoms with E-state index in [-0.39, 0.29) is 12.6 Å². The summed E-state index contributed by atoms with van der Waals surface area (Å²) in [5.41, 5.74) is 0. The Kier molecular flexibility index (Phi) is 3.92. The molecule has 2 heterocycles. The summed E-state index contributed by atoms with van der Waals surface area (Å²) >= 11 is 0. The molecule has 0 spiro atoms. The Bertz CT molecular complexity index is 398. The van der Waals surface area contributed by atoms with E-state index in [9.17, 15) is 14.4 Å². The van der Waals surface area contributed by atoms with Crippen molar-refractivity contribution in [3.8, 4) is 0 Å². The van der Waals surface area contributed by atoms with Crippen LogP contribution in [0, 0.1) is 5.92 Å². The molecule has 2 unspecified atom stereocenters. The lowest BCUT2D eigenvalue weighted by molar-refractivity contribution is -0.145. The molecule has 0 bridgehead atoms. The highest BCUT2D eigenvalue weighted by atomic mass is 16.5. The van der Waals surface area contributed by atoms with Gasteiger partial charge in [0.05, 0.1) is 13.0 Å². The van der Waals surface area contributed by atoms with Crippen molar-refractivity contribution in [3.05, 3.63) is 0 Å². The number of rotatable bonds is 2. The number of esters is 1. The number of hydrogen-bond acceptors (Lipinski definition) is 4. The molecule has 0 aromatic carbocycles. The fourth-order valence-corrected chi connectivity index (χ4v) is 2.69. The minimum absolute atomic E-state index is 0.221. The largest absolute Gasteiger partial charge is 0.481 e. The van der Waals surface area contributed by atoms with Crippen LogP contribution < -0.4 is 0 Å². The van der Waals surface area contributed by atoms with Crippen LogP contribution >= 0.6 is 0 Å². The number of hydrogen-bond donors (Lipinski definition) is 1. The maximum atomic E-state index is 12.3. The number of urea groups is 1. The lowest BCUT2D eigenvalue weighted by Crippen LogP contribution is -2.47. The molecule has 106 valence electrons. The quantitative estimate of drug-likeness (QED) is 0.722. The van der Waals surface area contributed by atoms with Crippen molar-refractivity contribution in [1.82, 2.24) is 9.80 Å². The third-order valence-corrected chi connectivity index (χ3v) is 3.78. The van der Waals surface area contributed by atoms with E-state index in [2.05, 4.69) is 0 Å². The van der Waals surface area contributed by atoms with Crippen LogP contribution in [-0.2, 0) is 14.3 Å².